The van der Waals surface area contributed by atoms with Crippen molar-refractivity contribution in [2.24, 2.45) is 0 Å². The molecule has 4 aromatic carbocycles. The van der Waals surface area contributed by atoms with Gasteiger partial charge < -0.3 is 29.5 Å². The maximum atomic E-state index is 13.5. The summed E-state index contributed by atoms with van der Waals surface area (Å²) in [6.07, 6.45) is 3.35. The number of pyridine rings is 2. The number of amides is 2. The van der Waals surface area contributed by atoms with Crippen molar-refractivity contribution < 1.29 is 107 Å². The number of carbonyl (C=O) groups excluding carboxylic acids is 4. The number of fused-ring (bicyclic) bond motifs is 2. The van der Waals surface area contributed by atoms with E-state index in [9.17, 15) is 46.2 Å². The van der Waals surface area contributed by atoms with E-state index in [1.54, 1.807) is 80.8 Å². The molecule has 0 radical (unpaired) electrons. The number of hydrogen-bond donors (Lipinski definition) is 2. The SMILES string of the molecule is COC(=O)c1nc(-c2cccc(C#C[C@]3(O)CCN(C)C3=O)c2)cc2ccn(S(=O)(=O)c3ccc(C)cc3)c12.COC(=O)c1nc(Cl)cc2ccn(S(=O)(=O)c3ccc(C)cc3)c12.Cc1cccc(C#C[C@]2(O)CCN(C)C2=O)c1.[K+]. The molecule has 2 fully saturated rings. The maximum Gasteiger partial charge on any atom is 1.00 e. The molecule has 6 heterocycles. The number of aliphatic hydroxyl groups is 2. The van der Waals surface area contributed by atoms with E-state index in [1.165, 1.54) is 66.7 Å². The van der Waals surface area contributed by atoms with Crippen molar-refractivity contribution >= 4 is 77.2 Å². The van der Waals surface area contributed by atoms with Crippen LogP contribution in [-0.4, -0.2) is 131 Å². The van der Waals surface area contributed by atoms with E-state index in [0.29, 0.717) is 47.1 Å². The summed E-state index contributed by atoms with van der Waals surface area (Å²) in [6, 6.07) is 33.8. The number of nitrogens with zero attached hydrogens (tertiary/aromatic N) is 6. The number of ether oxygens (including phenoxy) is 2. The predicted octanol–water partition coefficient (Wildman–Crippen LogP) is 3.95. The number of likely N-dealkylation sites (tertiary alicyclic amines) is 2. The summed E-state index contributed by atoms with van der Waals surface area (Å²) in [4.78, 5) is 60.3. The molecule has 2 saturated heterocycles. The van der Waals surface area contributed by atoms with Crippen LogP contribution < -0.4 is 51.4 Å². The van der Waals surface area contributed by atoms with Gasteiger partial charge in [0.05, 0.1) is 40.7 Å². The molecule has 0 saturated carbocycles. The van der Waals surface area contributed by atoms with Crippen LogP contribution in [0.5, 0.6) is 0 Å². The summed E-state index contributed by atoms with van der Waals surface area (Å²) >= 11 is 5.91. The number of methoxy groups -OCH3 is 2. The molecule has 0 spiro atoms. The molecule has 10 rings (SSSR count). The zero-order chi connectivity index (χ0) is 57.9. The Morgan fingerprint density at radius 2 is 1.02 bits per heavy atom. The van der Waals surface area contributed by atoms with Gasteiger partial charge in [0.2, 0.25) is 11.2 Å². The molecule has 2 aliphatic heterocycles. The molecule has 410 valence electrons. The monoisotopic (exact) mass is 1180 g/mol. The Hall–Kier alpha value is -6.99. The summed E-state index contributed by atoms with van der Waals surface area (Å²) in [5.74, 6) is 8.83. The van der Waals surface area contributed by atoms with Gasteiger partial charge in [-0.3, -0.25) is 9.59 Å². The van der Waals surface area contributed by atoms with Crippen molar-refractivity contribution in [1.82, 2.24) is 27.7 Å². The zero-order valence-corrected chi connectivity index (χ0v) is 50.9. The van der Waals surface area contributed by atoms with Crippen LogP contribution in [-0.2, 0) is 39.1 Å². The van der Waals surface area contributed by atoms with Crippen LogP contribution in [0.15, 0.2) is 144 Å². The van der Waals surface area contributed by atoms with Crippen molar-refractivity contribution in [3.63, 3.8) is 0 Å². The van der Waals surface area contributed by atoms with E-state index in [0.717, 1.165) is 30.2 Å². The van der Waals surface area contributed by atoms with Crippen LogP contribution in [0.3, 0.4) is 0 Å². The summed E-state index contributed by atoms with van der Waals surface area (Å²) in [7, 11) is -2.23. The van der Waals surface area contributed by atoms with Crippen molar-refractivity contribution in [1.29, 1.82) is 0 Å². The minimum Gasteiger partial charge on any atom is -0.464 e. The summed E-state index contributed by atoms with van der Waals surface area (Å²) < 4.78 is 64.4. The fourth-order valence-corrected chi connectivity index (χ4v) is 11.6. The van der Waals surface area contributed by atoms with E-state index in [2.05, 4.69) is 38.4 Å². The van der Waals surface area contributed by atoms with Crippen LogP contribution in [0, 0.1) is 44.5 Å². The number of rotatable bonds is 7. The summed E-state index contributed by atoms with van der Waals surface area (Å²) in [5, 5.41) is 21.7. The van der Waals surface area contributed by atoms with Gasteiger partial charge in [-0.15, -0.1) is 0 Å². The summed E-state index contributed by atoms with van der Waals surface area (Å²) in [6.45, 7) is 6.68. The first kappa shape index (κ1) is 61.6. The zero-order valence-electron chi connectivity index (χ0n) is 45.4. The van der Waals surface area contributed by atoms with Gasteiger partial charge >= 0.3 is 63.3 Å². The van der Waals surface area contributed by atoms with E-state index < -0.39 is 49.1 Å². The number of esters is 2. The molecule has 22 heteroatoms. The number of carbonyl (C=O) groups is 4. The largest absolute Gasteiger partial charge is 1.00 e. The van der Waals surface area contributed by atoms with Gasteiger partial charge in [0.1, 0.15) is 5.15 Å². The van der Waals surface area contributed by atoms with E-state index in [-0.39, 0.29) is 101 Å². The Morgan fingerprint density at radius 1 is 0.593 bits per heavy atom. The van der Waals surface area contributed by atoms with Crippen LogP contribution >= 0.6 is 11.6 Å². The normalized spacial score (nSPS) is 16.7. The molecular weight excluding hydrogens is 1120 g/mol. The number of aromatic nitrogens is 4. The second kappa shape index (κ2) is 25.0. The second-order valence-electron chi connectivity index (χ2n) is 19.0. The maximum absolute atomic E-state index is 13.5. The summed E-state index contributed by atoms with van der Waals surface area (Å²) in [5.41, 5.74) is 2.01. The van der Waals surface area contributed by atoms with E-state index in [1.807, 2.05) is 45.0 Å². The van der Waals surface area contributed by atoms with E-state index in [4.69, 9.17) is 16.3 Å². The van der Waals surface area contributed by atoms with Crippen LogP contribution in [0.4, 0.5) is 0 Å². The molecule has 81 heavy (non-hydrogen) atoms. The number of aryl methyl sites for hydroxylation is 3. The molecule has 0 unspecified atom stereocenters. The number of likely N-dealkylation sites (N-methyl/N-ethyl adjacent to an activating group) is 2. The molecular formula is C59H53ClKN6O12S2+. The first-order chi connectivity index (χ1) is 37.9. The first-order valence-electron chi connectivity index (χ1n) is 24.6. The van der Waals surface area contributed by atoms with Gasteiger partial charge in [0.15, 0.2) is 11.4 Å². The standard InChI is InChI=1S/C29H25N3O6S.C16H13ClN2O4S.C14H15NO2.K/c1-19-7-9-23(10-8-19)39(36,37)32-15-12-22-18-24(30-25(26(22)32)27(33)38-3)21-6-4-5-20(17-21)11-13-29(35)14-16-31(2)28(29)34;1-10-3-5-12(6-4-10)24(21,22)19-8-7-11-9-13(17)18-14(15(11)19)16(20)23-2;1-11-4-3-5-12(10-11)6-7-14(17)8-9-15(2)13(14)16;/h4-10,12,15,17-18,35H,14,16H2,1-3H3;3-9H,1-2H3;3-5,10,17H,8-9H2,1-2H3;/q;;;+1/t29-;;14-;/m0.0./s1. The number of benzene rings is 4. The van der Waals surface area contributed by atoms with Crippen LogP contribution in [0.2, 0.25) is 5.15 Å². The topological polar surface area (TPSA) is 238 Å². The van der Waals surface area contributed by atoms with Gasteiger partial charge in [-0.05, 0) is 99.1 Å². The Bertz CT molecular complexity index is 4150. The average molecular weight is 1180 g/mol. The minimum atomic E-state index is -4.02. The Morgan fingerprint density at radius 3 is 1.46 bits per heavy atom. The third kappa shape index (κ3) is 13.2. The number of halogens is 1. The van der Waals surface area contributed by atoms with Gasteiger partial charge in [-0.2, -0.15) is 0 Å². The van der Waals surface area contributed by atoms with Crippen LogP contribution in [0.1, 0.15) is 61.6 Å². The Kier molecular flexibility index (Phi) is 19.0. The molecule has 8 aromatic rings. The van der Waals surface area contributed by atoms with Crippen molar-refractivity contribution in [3.8, 4) is 34.9 Å². The molecule has 0 bridgehead atoms. The fourth-order valence-electron chi connectivity index (χ4n) is 8.69. The predicted molar refractivity (Wildman–Crippen MR) is 299 cm³/mol. The molecule has 2 N–H and O–H groups in total. The Labute approximate surface area is 516 Å². The second-order valence-corrected chi connectivity index (χ2v) is 23.0. The third-order valence-electron chi connectivity index (χ3n) is 13.2. The number of hydrogen-bond acceptors (Lipinski definition) is 14. The van der Waals surface area contributed by atoms with Crippen molar-refractivity contribution in [3.05, 3.63) is 178 Å². The van der Waals surface area contributed by atoms with E-state index >= 15 is 0 Å². The van der Waals surface area contributed by atoms with Gasteiger partial charge in [0, 0.05) is 79.9 Å². The fraction of sp³-hybridized carbons (Fsp3) is 0.220. The smallest absolute Gasteiger partial charge is 0.464 e. The van der Waals surface area contributed by atoms with Crippen LogP contribution in [0.25, 0.3) is 33.1 Å². The van der Waals surface area contributed by atoms with Gasteiger partial charge in [-0.25, -0.2) is 44.3 Å². The molecule has 2 aliphatic rings. The van der Waals surface area contributed by atoms with Crippen molar-refractivity contribution in [2.45, 2.75) is 54.6 Å². The molecule has 0 aliphatic carbocycles. The average Bonchev–Trinajstić information content (AvgIpc) is 4.26. The van der Waals surface area contributed by atoms with Crippen molar-refractivity contribution in [2.75, 3.05) is 41.4 Å². The van der Waals surface area contributed by atoms with Gasteiger partial charge in [-0.1, -0.05) is 94.9 Å². The van der Waals surface area contributed by atoms with Gasteiger partial charge in [0.25, 0.3) is 31.9 Å². The third-order valence-corrected chi connectivity index (χ3v) is 16.7. The molecule has 18 nitrogen and oxygen atoms in total. The molecule has 2 amide bonds. The Balaban J connectivity index is 0.000000192. The first-order valence-corrected chi connectivity index (χ1v) is 27.8. The minimum absolute atomic E-state index is 0. The quantitative estimate of drug-likeness (QED) is 0.0996. The molecule has 4 aromatic heterocycles. The molecule has 2 atom stereocenters.